The molecule has 1 fully saturated rings. The van der Waals surface area contributed by atoms with Crippen molar-refractivity contribution >= 4 is 22.9 Å². The molecule has 0 aliphatic carbocycles. The number of carbonyl (C=O) groups is 1. The van der Waals surface area contributed by atoms with Crippen molar-refractivity contribution in [2.24, 2.45) is 0 Å². The molecular formula is C22H25F3N2O3S. The zero-order valence-corrected chi connectivity index (χ0v) is 18.4. The summed E-state index contributed by atoms with van der Waals surface area (Å²) in [5.41, 5.74) is 3.31. The van der Waals surface area contributed by atoms with E-state index in [1.807, 2.05) is 38.1 Å². The van der Waals surface area contributed by atoms with Crippen LogP contribution in [-0.2, 0) is 26.9 Å². The van der Waals surface area contributed by atoms with E-state index < -0.39 is 17.3 Å². The molecule has 0 amide bonds. The van der Waals surface area contributed by atoms with Crippen LogP contribution in [0.4, 0.5) is 13.2 Å². The first-order valence-electron chi connectivity index (χ1n) is 9.95. The predicted molar refractivity (Wildman–Crippen MR) is 112 cm³/mol. The van der Waals surface area contributed by atoms with E-state index >= 15 is 0 Å². The summed E-state index contributed by atoms with van der Waals surface area (Å²) < 4.78 is 48.8. The Kier molecular flexibility index (Phi) is 7.51. The number of methoxy groups -OCH3 is 1. The van der Waals surface area contributed by atoms with Crippen molar-refractivity contribution in [3.8, 4) is 0 Å². The van der Waals surface area contributed by atoms with Crippen molar-refractivity contribution in [2.75, 3.05) is 20.2 Å². The normalized spacial score (nSPS) is 20.3. The first-order chi connectivity index (χ1) is 14.7. The van der Waals surface area contributed by atoms with Crippen LogP contribution in [0.3, 0.4) is 0 Å². The van der Waals surface area contributed by atoms with Gasteiger partial charge in [0.2, 0.25) is 0 Å². The van der Waals surface area contributed by atoms with Crippen LogP contribution in [0.1, 0.15) is 48.2 Å². The Morgan fingerprint density at radius 1 is 1.35 bits per heavy atom. The number of ether oxygens (including phenoxy) is 2. The minimum Gasteiger partial charge on any atom is -0.466 e. The second-order valence-electron chi connectivity index (χ2n) is 7.45. The van der Waals surface area contributed by atoms with Gasteiger partial charge in [0, 0.05) is 24.5 Å². The van der Waals surface area contributed by atoms with Crippen molar-refractivity contribution in [1.29, 1.82) is 0 Å². The molecule has 0 saturated carbocycles. The van der Waals surface area contributed by atoms with Gasteiger partial charge in [0.1, 0.15) is 12.3 Å². The van der Waals surface area contributed by atoms with Crippen LogP contribution in [0, 0.1) is 0 Å². The van der Waals surface area contributed by atoms with E-state index in [1.54, 1.807) is 0 Å². The Morgan fingerprint density at radius 3 is 2.68 bits per heavy atom. The maximum absolute atomic E-state index is 12.8. The highest BCUT2D eigenvalue weighted by molar-refractivity contribution is 7.09. The number of thiazole rings is 1. The average Bonchev–Trinajstić information content (AvgIpc) is 3.35. The topological polar surface area (TPSA) is 51.7 Å². The smallest absolute Gasteiger partial charge is 0.443 e. The molecular weight excluding hydrogens is 429 g/mol. The fourth-order valence-electron chi connectivity index (χ4n) is 3.47. The molecule has 0 N–H and O–H groups in total. The minimum absolute atomic E-state index is 0.172. The first kappa shape index (κ1) is 23.4. The largest absolute Gasteiger partial charge is 0.466 e. The van der Waals surface area contributed by atoms with Gasteiger partial charge in [-0.2, -0.15) is 13.2 Å². The highest BCUT2D eigenvalue weighted by Gasteiger charge is 2.37. The van der Waals surface area contributed by atoms with E-state index in [9.17, 15) is 18.0 Å². The highest BCUT2D eigenvalue weighted by Crippen LogP contribution is 2.35. The Labute approximate surface area is 183 Å². The van der Waals surface area contributed by atoms with Crippen LogP contribution in [0.2, 0.25) is 0 Å². The van der Waals surface area contributed by atoms with Gasteiger partial charge in [-0.25, -0.2) is 9.78 Å². The summed E-state index contributed by atoms with van der Waals surface area (Å²) in [5.74, 6) is -0.380. The van der Waals surface area contributed by atoms with Gasteiger partial charge in [0.15, 0.2) is 5.01 Å². The Hall–Kier alpha value is -2.23. The SMILES string of the molecule is COC(=O)C=C(C)c1ccc(CCCN2CC(c3csc(C(F)(F)F)n3)OC2C)cc1. The molecule has 168 valence electrons. The van der Waals surface area contributed by atoms with Crippen molar-refractivity contribution in [3.63, 3.8) is 0 Å². The summed E-state index contributed by atoms with van der Waals surface area (Å²) >= 11 is 0.604. The van der Waals surface area contributed by atoms with E-state index in [-0.39, 0.29) is 12.2 Å². The van der Waals surface area contributed by atoms with Gasteiger partial charge in [-0.3, -0.25) is 4.90 Å². The lowest BCUT2D eigenvalue weighted by Gasteiger charge is -2.18. The van der Waals surface area contributed by atoms with Crippen LogP contribution >= 0.6 is 11.3 Å². The number of allylic oxidation sites excluding steroid dienone is 1. The van der Waals surface area contributed by atoms with Crippen molar-refractivity contribution < 1.29 is 27.4 Å². The number of hydrogen-bond acceptors (Lipinski definition) is 6. The van der Waals surface area contributed by atoms with E-state index in [0.29, 0.717) is 23.6 Å². The molecule has 3 rings (SSSR count). The Balaban J connectivity index is 1.50. The second kappa shape index (κ2) is 9.93. The van der Waals surface area contributed by atoms with Gasteiger partial charge >= 0.3 is 12.1 Å². The summed E-state index contributed by atoms with van der Waals surface area (Å²) in [6.07, 6.45) is -1.82. The number of hydrogen-bond donors (Lipinski definition) is 0. The van der Waals surface area contributed by atoms with Crippen molar-refractivity contribution in [3.05, 3.63) is 57.6 Å². The number of nitrogens with zero attached hydrogens (tertiary/aromatic N) is 2. The summed E-state index contributed by atoms with van der Waals surface area (Å²) in [7, 11) is 1.35. The number of rotatable bonds is 7. The lowest BCUT2D eigenvalue weighted by molar-refractivity contribution is -0.138. The third-order valence-corrected chi connectivity index (χ3v) is 6.13. The van der Waals surface area contributed by atoms with E-state index in [2.05, 4.69) is 14.6 Å². The highest BCUT2D eigenvalue weighted by atomic mass is 32.1. The zero-order valence-electron chi connectivity index (χ0n) is 17.6. The van der Waals surface area contributed by atoms with Gasteiger partial charge in [-0.05, 0) is 43.4 Å². The maximum atomic E-state index is 12.8. The van der Waals surface area contributed by atoms with Gasteiger partial charge in [0.05, 0.1) is 12.8 Å². The third-order valence-electron chi connectivity index (χ3n) is 5.23. The molecule has 0 radical (unpaired) electrons. The maximum Gasteiger partial charge on any atom is 0.443 e. The standard InChI is InChI=1S/C22H25F3N2O3S/c1-14(11-20(28)29-3)17-8-6-16(7-9-17)5-4-10-27-12-19(30-15(27)2)18-13-31-21(26-18)22(23,24)25/h6-9,11,13,15,19H,4-5,10,12H2,1-3H3. The lowest BCUT2D eigenvalue weighted by atomic mass is 10.0. The summed E-state index contributed by atoms with van der Waals surface area (Å²) in [6, 6.07) is 8.01. The fourth-order valence-corrected chi connectivity index (χ4v) is 4.20. The number of benzene rings is 1. The summed E-state index contributed by atoms with van der Waals surface area (Å²) in [6.45, 7) is 5.06. The number of alkyl halides is 3. The molecule has 1 aliphatic rings. The molecule has 0 bridgehead atoms. The number of esters is 1. The molecule has 9 heteroatoms. The zero-order chi connectivity index (χ0) is 22.6. The Morgan fingerprint density at radius 2 is 2.06 bits per heavy atom. The lowest BCUT2D eigenvalue weighted by Crippen LogP contribution is -2.29. The molecule has 31 heavy (non-hydrogen) atoms. The van der Waals surface area contributed by atoms with Crippen molar-refractivity contribution in [1.82, 2.24) is 9.88 Å². The first-order valence-corrected chi connectivity index (χ1v) is 10.8. The van der Waals surface area contributed by atoms with Crippen LogP contribution in [0.25, 0.3) is 5.57 Å². The Bertz CT molecular complexity index is 925. The summed E-state index contributed by atoms with van der Waals surface area (Å²) in [5, 5.41) is 0.597. The number of aromatic nitrogens is 1. The average molecular weight is 455 g/mol. The molecule has 2 aromatic rings. The van der Waals surface area contributed by atoms with E-state index in [0.717, 1.165) is 30.5 Å². The van der Waals surface area contributed by atoms with Crippen LogP contribution in [-0.4, -0.2) is 42.3 Å². The van der Waals surface area contributed by atoms with Crippen LogP contribution in [0.15, 0.2) is 35.7 Å². The van der Waals surface area contributed by atoms with E-state index in [1.165, 1.54) is 24.1 Å². The molecule has 2 atom stereocenters. The molecule has 1 saturated heterocycles. The predicted octanol–water partition coefficient (Wildman–Crippen LogP) is 5.09. The fraction of sp³-hybridized carbons (Fsp3) is 0.455. The molecule has 2 heterocycles. The number of aryl methyl sites for hydroxylation is 1. The quantitative estimate of drug-likeness (QED) is 0.431. The number of halogens is 3. The van der Waals surface area contributed by atoms with Crippen LogP contribution < -0.4 is 0 Å². The molecule has 5 nitrogen and oxygen atoms in total. The molecule has 1 aromatic heterocycles. The van der Waals surface area contributed by atoms with Crippen molar-refractivity contribution in [2.45, 2.75) is 45.2 Å². The summed E-state index contributed by atoms with van der Waals surface area (Å²) in [4.78, 5) is 17.2. The molecule has 1 aliphatic heterocycles. The number of carbonyl (C=O) groups excluding carboxylic acids is 1. The van der Waals surface area contributed by atoms with Gasteiger partial charge < -0.3 is 9.47 Å². The molecule has 0 spiro atoms. The van der Waals surface area contributed by atoms with Gasteiger partial charge in [-0.1, -0.05) is 24.3 Å². The molecule has 1 aromatic carbocycles. The van der Waals surface area contributed by atoms with Crippen LogP contribution in [0.5, 0.6) is 0 Å². The third kappa shape index (κ3) is 6.15. The molecule has 2 unspecified atom stereocenters. The van der Waals surface area contributed by atoms with E-state index in [4.69, 9.17) is 4.74 Å². The van der Waals surface area contributed by atoms with Gasteiger partial charge in [-0.15, -0.1) is 11.3 Å². The second-order valence-corrected chi connectivity index (χ2v) is 8.30. The monoisotopic (exact) mass is 454 g/mol. The van der Waals surface area contributed by atoms with Gasteiger partial charge in [0.25, 0.3) is 0 Å². The minimum atomic E-state index is -4.42.